The van der Waals surface area contributed by atoms with Crippen LogP contribution in [-0.4, -0.2) is 68.2 Å². The van der Waals surface area contributed by atoms with E-state index in [2.05, 4.69) is 15.3 Å². The number of thiazole rings is 1. The Morgan fingerprint density at radius 3 is 2.31 bits per heavy atom. The van der Waals surface area contributed by atoms with Gasteiger partial charge in [-0.1, -0.05) is 51.8 Å². The predicted molar refractivity (Wildman–Crippen MR) is 144 cm³/mol. The minimum atomic E-state index is -1.09. The maximum absolute atomic E-state index is 12.3. The Kier molecular flexibility index (Phi) is 9.73. The second-order valence-electron chi connectivity index (χ2n) is 8.22. The molecule has 1 saturated heterocycles. The fraction of sp³-hybridized carbons (Fsp3) is 0.391. The maximum Gasteiger partial charge on any atom is 0.303 e. The summed E-state index contributed by atoms with van der Waals surface area (Å²) in [5.74, 6) is -1.82. The van der Waals surface area contributed by atoms with Crippen LogP contribution in [0, 0.1) is 0 Å². The molecule has 3 unspecified atom stereocenters. The van der Waals surface area contributed by atoms with Gasteiger partial charge in [0, 0.05) is 37.2 Å². The molecule has 2 aromatic heterocycles. The van der Waals surface area contributed by atoms with E-state index < -0.39 is 47.7 Å². The van der Waals surface area contributed by atoms with Gasteiger partial charge in [-0.3, -0.25) is 14.4 Å². The average Bonchev–Trinajstić information content (AvgIpc) is 3.55. The van der Waals surface area contributed by atoms with Crippen LogP contribution < -0.4 is 0 Å². The monoisotopic (exact) mass is 634 g/mol. The molecular weight excluding hydrogens is 615 g/mol. The lowest BCUT2D eigenvalue weighted by Gasteiger charge is -2.44. The highest BCUT2D eigenvalue weighted by molar-refractivity contribution is 7.99. The summed E-state index contributed by atoms with van der Waals surface area (Å²) < 4.78 is 24.3. The summed E-state index contributed by atoms with van der Waals surface area (Å²) in [4.78, 5) is 40.9. The third-order valence-corrected chi connectivity index (χ3v) is 8.46. The van der Waals surface area contributed by atoms with Crippen molar-refractivity contribution in [1.29, 1.82) is 0 Å². The number of ether oxygens (including phenoxy) is 4. The Morgan fingerprint density at radius 1 is 1.05 bits per heavy atom. The summed E-state index contributed by atoms with van der Waals surface area (Å²) in [5.41, 5.74) is -0.469. The molecule has 39 heavy (non-hydrogen) atoms. The van der Waals surface area contributed by atoms with Crippen molar-refractivity contribution in [3.63, 3.8) is 0 Å². The standard InChI is InChI=1S/C23H21Cl3N4O7S2/c1-10(31)34-9-17-20(35-11(2)32)19(30-8-16(28-29-30)22-27-4-5-38-22)21(36-12(3)33)23(37-17)39-13-6-14(24)18(26)15(25)7-13/h4-8,17,19-21,23H,9H2,1-3H3/t17?,19?,20-,21?,23+/m0/s1. The molecule has 208 valence electrons. The van der Waals surface area contributed by atoms with E-state index in [1.165, 1.54) is 36.8 Å². The van der Waals surface area contributed by atoms with Crippen molar-refractivity contribution in [3.05, 3.63) is 45.0 Å². The van der Waals surface area contributed by atoms with E-state index in [1.54, 1.807) is 29.9 Å². The van der Waals surface area contributed by atoms with Gasteiger partial charge in [-0.05, 0) is 12.1 Å². The molecule has 1 aliphatic rings. The fourth-order valence-electron chi connectivity index (χ4n) is 3.88. The number of halogens is 3. The first kappa shape index (κ1) is 29.6. The second kappa shape index (κ2) is 12.8. The lowest BCUT2D eigenvalue weighted by Crippen LogP contribution is -2.57. The zero-order chi connectivity index (χ0) is 28.3. The van der Waals surface area contributed by atoms with Crippen LogP contribution in [0.4, 0.5) is 0 Å². The van der Waals surface area contributed by atoms with E-state index in [9.17, 15) is 14.4 Å². The topological polar surface area (TPSA) is 132 Å². The van der Waals surface area contributed by atoms with Gasteiger partial charge in [-0.15, -0.1) is 16.4 Å². The number of benzene rings is 1. The first-order chi connectivity index (χ1) is 18.5. The van der Waals surface area contributed by atoms with Crippen LogP contribution in [0.1, 0.15) is 26.8 Å². The first-order valence-electron chi connectivity index (χ1n) is 11.3. The van der Waals surface area contributed by atoms with E-state index in [0.29, 0.717) is 15.6 Å². The minimum absolute atomic E-state index is 0.182. The number of hydrogen-bond donors (Lipinski definition) is 0. The molecule has 0 N–H and O–H groups in total. The number of thioether (sulfide) groups is 1. The summed E-state index contributed by atoms with van der Waals surface area (Å²) in [6, 6.07) is 2.22. The summed E-state index contributed by atoms with van der Waals surface area (Å²) in [5, 5.41) is 11.4. The Bertz CT molecular complexity index is 1330. The molecular formula is C23H21Cl3N4O7S2. The lowest BCUT2D eigenvalue weighted by atomic mass is 9.96. The number of rotatable bonds is 8. The highest BCUT2D eigenvalue weighted by Gasteiger charge is 2.52. The van der Waals surface area contributed by atoms with Crippen molar-refractivity contribution in [2.45, 2.75) is 55.5 Å². The van der Waals surface area contributed by atoms with Crippen LogP contribution in [0.5, 0.6) is 0 Å². The number of carbonyl (C=O) groups is 3. The highest BCUT2D eigenvalue weighted by atomic mass is 35.5. The molecule has 4 rings (SSSR count). The predicted octanol–water partition coefficient (Wildman–Crippen LogP) is 4.85. The number of aromatic nitrogens is 4. The van der Waals surface area contributed by atoms with Crippen molar-refractivity contribution in [1.82, 2.24) is 20.0 Å². The number of carbonyl (C=O) groups excluding carboxylic acids is 3. The summed E-state index contributed by atoms with van der Waals surface area (Å²) >= 11 is 21.1. The molecule has 0 saturated carbocycles. The van der Waals surface area contributed by atoms with Crippen LogP contribution in [-0.2, 0) is 33.3 Å². The van der Waals surface area contributed by atoms with Crippen molar-refractivity contribution >= 4 is 75.8 Å². The van der Waals surface area contributed by atoms with Crippen LogP contribution in [0.25, 0.3) is 10.7 Å². The quantitative estimate of drug-likeness (QED) is 0.191. The van der Waals surface area contributed by atoms with Gasteiger partial charge >= 0.3 is 17.9 Å². The molecule has 0 amide bonds. The zero-order valence-corrected chi connectivity index (χ0v) is 24.5. The molecule has 3 heterocycles. The van der Waals surface area contributed by atoms with Crippen LogP contribution in [0.15, 0.2) is 34.8 Å². The molecule has 5 atom stereocenters. The number of hydrogen-bond acceptors (Lipinski definition) is 12. The smallest absolute Gasteiger partial charge is 0.303 e. The Balaban J connectivity index is 1.80. The van der Waals surface area contributed by atoms with Gasteiger partial charge < -0.3 is 18.9 Å². The first-order valence-corrected chi connectivity index (χ1v) is 14.2. The maximum atomic E-state index is 12.3. The molecule has 3 aromatic rings. The summed E-state index contributed by atoms with van der Waals surface area (Å²) in [7, 11) is 0. The Labute approximate surface area is 246 Å². The second-order valence-corrected chi connectivity index (χ2v) is 11.5. The minimum Gasteiger partial charge on any atom is -0.463 e. The molecule has 1 aromatic carbocycles. The lowest BCUT2D eigenvalue weighted by molar-refractivity contribution is -0.212. The van der Waals surface area contributed by atoms with Gasteiger partial charge in [-0.25, -0.2) is 9.67 Å². The van der Waals surface area contributed by atoms with E-state index in [4.69, 9.17) is 53.8 Å². The summed E-state index contributed by atoms with van der Waals surface area (Å²) in [6.07, 6.45) is 0.0948. The van der Waals surface area contributed by atoms with Gasteiger partial charge in [0.15, 0.2) is 12.2 Å². The zero-order valence-electron chi connectivity index (χ0n) is 20.6. The van der Waals surface area contributed by atoms with Crippen molar-refractivity contribution in [2.24, 2.45) is 0 Å². The molecule has 1 aliphatic heterocycles. The van der Waals surface area contributed by atoms with Gasteiger partial charge in [-0.2, -0.15) is 0 Å². The van der Waals surface area contributed by atoms with Crippen LogP contribution in [0.2, 0.25) is 15.1 Å². The van der Waals surface area contributed by atoms with E-state index in [1.807, 2.05) is 0 Å². The van der Waals surface area contributed by atoms with Crippen molar-refractivity contribution in [3.8, 4) is 10.7 Å². The molecule has 0 radical (unpaired) electrons. The van der Waals surface area contributed by atoms with Gasteiger partial charge in [0.1, 0.15) is 34.9 Å². The fourth-order valence-corrected chi connectivity index (χ4v) is 6.38. The van der Waals surface area contributed by atoms with Crippen LogP contribution in [0.3, 0.4) is 0 Å². The van der Waals surface area contributed by atoms with E-state index >= 15 is 0 Å². The highest BCUT2D eigenvalue weighted by Crippen LogP contribution is 2.43. The normalized spacial score (nSPS) is 22.8. The Morgan fingerprint density at radius 2 is 1.72 bits per heavy atom. The Hall–Kier alpha value is -2.42. The molecule has 11 nitrogen and oxygen atoms in total. The molecule has 0 spiro atoms. The van der Waals surface area contributed by atoms with Crippen LogP contribution >= 0.6 is 57.9 Å². The third kappa shape index (κ3) is 7.21. The van der Waals surface area contributed by atoms with E-state index in [-0.39, 0.29) is 21.7 Å². The van der Waals surface area contributed by atoms with Gasteiger partial charge in [0.2, 0.25) is 0 Å². The van der Waals surface area contributed by atoms with Crippen molar-refractivity contribution < 1.29 is 33.3 Å². The summed E-state index contributed by atoms with van der Waals surface area (Å²) in [6.45, 7) is 3.44. The SMILES string of the molecule is CC(=O)OCC1O[C@H](Sc2cc(Cl)c(Cl)c(Cl)c2)C(OC(C)=O)C(n2cc(-c3nccs3)nn2)[C@H]1OC(C)=O. The molecule has 1 fully saturated rings. The molecule has 0 aliphatic carbocycles. The van der Waals surface area contributed by atoms with Crippen molar-refractivity contribution in [2.75, 3.05) is 6.61 Å². The average molecular weight is 636 g/mol. The number of esters is 3. The van der Waals surface area contributed by atoms with Gasteiger partial charge in [0.25, 0.3) is 0 Å². The molecule has 16 heteroatoms. The third-order valence-electron chi connectivity index (χ3n) is 5.35. The van der Waals surface area contributed by atoms with E-state index in [0.717, 1.165) is 11.8 Å². The number of nitrogens with zero attached hydrogens (tertiary/aromatic N) is 4. The van der Waals surface area contributed by atoms with Gasteiger partial charge in [0.05, 0.1) is 21.3 Å². The largest absolute Gasteiger partial charge is 0.463 e. The molecule has 0 bridgehead atoms.